The number of aliphatic hydroxyl groups is 1. The molecule has 0 bridgehead atoms. The molecule has 0 spiro atoms. The van der Waals surface area contributed by atoms with Gasteiger partial charge in [0.1, 0.15) is 0 Å². The minimum absolute atomic E-state index is 0.132. The van der Waals surface area contributed by atoms with Crippen LogP contribution < -0.4 is 4.90 Å². The molecule has 1 aromatic carbocycles. The molecule has 0 aliphatic carbocycles. The average molecular weight is 261 g/mol. The van der Waals surface area contributed by atoms with Crippen LogP contribution in [0.15, 0.2) is 12.1 Å². The average Bonchev–Trinajstić information content (AvgIpc) is 2.55. The fourth-order valence-corrected chi connectivity index (χ4v) is 3.80. The van der Waals surface area contributed by atoms with Gasteiger partial charge in [-0.2, -0.15) is 0 Å². The lowest BCUT2D eigenvalue weighted by molar-refractivity contribution is 0.229. The van der Waals surface area contributed by atoms with Crippen molar-refractivity contribution in [1.82, 2.24) is 0 Å². The zero-order valence-corrected chi connectivity index (χ0v) is 13.0. The van der Waals surface area contributed by atoms with Crippen LogP contribution in [0.2, 0.25) is 0 Å². The molecule has 1 aromatic rings. The van der Waals surface area contributed by atoms with Crippen molar-refractivity contribution in [3.8, 4) is 0 Å². The number of aliphatic hydroxyl groups excluding tert-OH is 1. The van der Waals surface area contributed by atoms with Crippen molar-refractivity contribution in [2.45, 2.75) is 53.0 Å². The lowest BCUT2D eigenvalue weighted by Gasteiger charge is -2.39. The molecule has 2 rings (SSSR count). The zero-order chi connectivity index (χ0) is 14.2. The summed E-state index contributed by atoms with van der Waals surface area (Å²) in [6.07, 6.45) is 2.09. The Morgan fingerprint density at radius 2 is 1.79 bits per heavy atom. The third-order valence-corrected chi connectivity index (χ3v) is 4.78. The lowest BCUT2D eigenvalue weighted by atomic mass is 9.85. The highest BCUT2D eigenvalue weighted by Gasteiger charge is 2.41. The van der Waals surface area contributed by atoms with E-state index < -0.39 is 0 Å². The standard InChI is InChI=1S/C17H27NO/c1-12-10-13(2)16(14(3)11-12)18-8-6-15(7-9-19)17(18,4)5/h10-11,15,19H,6-9H2,1-5H3. The highest BCUT2D eigenvalue weighted by Crippen LogP contribution is 2.42. The summed E-state index contributed by atoms with van der Waals surface area (Å²) in [5.41, 5.74) is 5.61. The van der Waals surface area contributed by atoms with Gasteiger partial charge in [-0.15, -0.1) is 0 Å². The summed E-state index contributed by atoms with van der Waals surface area (Å²) in [7, 11) is 0. The van der Waals surface area contributed by atoms with Crippen molar-refractivity contribution in [2.24, 2.45) is 5.92 Å². The summed E-state index contributed by atoms with van der Waals surface area (Å²) in [4.78, 5) is 2.55. The predicted octanol–water partition coefficient (Wildman–Crippen LogP) is 3.60. The van der Waals surface area contributed by atoms with E-state index in [-0.39, 0.29) is 5.54 Å². The molecular formula is C17H27NO. The first-order valence-corrected chi connectivity index (χ1v) is 7.34. The fraction of sp³-hybridized carbons (Fsp3) is 0.647. The van der Waals surface area contributed by atoms with Crippen LogP contribution in [0, 0.1) is 26.7 Å². The van der Waals surface area contributed by atoms with Crippen molar-refractivity contribution < 1.29 is 5.11 Å². The van der Waals surface area contributed by atoms with E-state index >= 15 is 0 Å². The normalized spacial score (nSPS) is 22.0. The maximum Gasteiger partial charge on any atom is 0.0434 e. The number of hydrogen-bond donors (Lipinski definition) is 1. The lowest BCUT2D eigenvalue weighted by Crippen LogP contribution is -2.43. The fourth-order valence-electron chi connectivity index (χ4n) is 3.80. The number of benzene rings is 1. The van der Waals surface area contributed by atoms with Crippen LogP contribution in [0.1, 0.15) is 43.4 Å². The minimum Gasteiger partial charge on any atom is -0.396 e. The second kappa shape index (κ2) is 5.16. The first kappa shape index (κ1) is 14.4. The Bertz CT molecular complexity index is 441. The first-order chi connectivity index (χ1) is 8.87. The van der Waals surface area contributed by atoms with Gasteiger partial charge >= 0.3 is 0 Å². The van der Waals surface area contributed by atoms with Gasteiger partial charge in [-0.05, 0) is 64.5 Å². The monoisotopic (exact) mass is 261 g/mol. The summed E-state index contributed by atoms with van der Waals surface area (Å²) < 4.78 is 0. The molecule has 1 fully saturated rings. The number of rotatable bonds is 3. The topological polar surface area (TPSA) is 23.5 Å². The van der Waals surface area contributed by atoms with Crippen molar-refractivity contribution in [3.05, 3.63) is 28.8 Å². The summed E-state index contributed by atoms with van der Waals surface area (Å²) in [5, 5.41) is 9.24. The van der Waals surface area contributed by atoms with E-state index in [9.17, 15) is 5.11 Å². The molecule has 1 aliphatic rings. The van der Waals surface area contributed by atoms with E-state index in [2.05, 4.69) is 51.7 Å². The predicted molar refractivity (Wildman–Crippen MR) is 81.9 cm³/mol. The summed E-state index contributed by atoms with van der Waals surface area (Å²) in [6.45, 7) is 12.6. The minimum atomic E-state index is 0.132. The second-order valence-electron chi connectivity index (χ2n) is 6.55. The van der Waals surface area contributed by atoms with Crippen LogP contribution in [0.25, 0.3) is 0 Å². The Labute approximate surface area is 117 Å². The maximum absolute atomic E-state index is 9.24. The van der Waals surface area contributed by atoms with Gasteiger partial charge in [0.15, 0.2) is 0 Å². The number of nitrogens with zero attached hydrogens (tertiary/aromatic N) is 1. The van der Waals surface area contributed by atoms with E-state index in [1.54, 1.807) is 0 Å². The quantitative estimate of drug-likeness (QED) is 0.898. The Kier molecular flexibility index (Phi) is 3.91. The molecule has 19 heavy (non-hydrogen) atoms. The second-order valence-corrected chi connectivity index (χ2v) is 6.55. The molecule has 1 heterocycles. The van der Waals surface area contributed by atoms with E-state index in [0.717, 1.165) is 13.0 Å². The van der Waals surface area contributed by atoms with E-state index in [4.69, 9.17) is 0 Å². The largest absolute Gasteiger partial charge is 0.396 e. The van der Waals surface area contributed by atoms with Gasteiger partial charge in [0, 0.05) is 24.4 Å². The van der Waals surface area contributed by atoms with Crippen molar-refractivity contribution in [3.63, 3.8) is 0 Å². The van der Waals surface area contributed by atoms with Gasteiger partial charge in [0.25, 0.3) is 0 Å². The van der Waals surface area contributed by atoms with Crippen LogP contribution in [-0.4, -0.2) is 23.8 Å². The maximum atomic E-state index is 9.24. The summed E-state index contributed by atoms with van der Waals surface area (Å²) in [5.74, 6) is 0.581. The molecular weight excluding hydrogens is 234 g/mol. The smallest absolute Gasteiger partial charge is 0.0434 e. The Hall–Kier alpha value is -1.02. The van der Waals surface area contributed by atoms with Gasteiger partial charge in [0.05, 0.1) is 0 Å². The van der Waals surface area contributed by atoms with Crippen LogP contribution in [0.3, 0.4) is 0 Å². The van der Waals surface area contributed by atoms with Crippen molar-refractivity contribution >= 4 is 5.69 Å². The Morgan fingerprint density at radius 3 is 2.32 bits per heavy atom. The van der Waals surface area contributed by atoms with Crippen LogP contribution in [0.4, 0.5) is 5.69 Å². The van der Waals surface area contributed by atoms with Gasteiger partial charge in [0.2, 0.25) is 0 Å². The van der Waals surface area contributed by atoms with Crippen LogP contribution >= 0.6 is 0 Å². The first-order valence-electron chi connectivity index (χ1n) is 7.34. The molecule has 2 heteroatoms. The van der Waals surface area contributed by atoms with E-state index in [0.29, 0.717) is 12.5 Å². The Morgan fingerprint density at radius 1 is 1.21 bits per heavy atom. The van der Waals surface area contributed by atoms with Crippen molar-refractivity contribution in [1.29, 1.82) is 0 Å². The molecule has 2 nitrogen and oxygen atoms in total. The van der Waals surface area contributed by atoms with Gasteiger partial charge in [-0.25, -0.2) is 0 Å². The molecule has 1 aliphatic heterocycles. The highest BCUT2D eigenvalue weighted by atomic mass is 16.3. The molecule has 0 saturated carbocycles. The zero-order valence-electron chi connectivity index (χ0n) is 13.0. The number of anilines is 1. The molecule has 1 saturated heterocycles. The molecule has 106 valence electrons. The van der Waals surface area contributed by atoms with Crippen LogP contribution in [0.5, 0.6) is 0 Å². The summed E-state index contributed by atoms with van der Waals surface area (Å²) >= 11 is 0. The van der Waals surface area contributed by atoms with E-state index in [1.165, 1.54) is 28.8 Å². The molecule has 0 aromatic heterocycles. The molecule has 1 atom stereocenters. The molecule has 1 unspecified atom stereocenters. The van der Waals surface area contributed by atoms with Gasteiger partial charge < -0.3 is 10.0 Å². The Balaban J connectivity index is 2.38. The van der Waals surface area contributed by atoms with Gasteiger partial charge in [-0.3, -0.25) is 0 Å². The van der Waals surface area contributed by atoms with Crippen LogP contribution in [-0.2, 0) is 0 Å². The van der Waals surface area contributed by atoms with Crippen molar-refractivity contribution in [2.75, 3.05) is 18.1 Å². The third-order valence-electron chi connectivity index (χ3n) is 4.78. The SMILES string of the molecule is Cc1cc(C)c(N2CCC(CCO)C2(C)C)c(C)c1. The molecule has 0 radical (unpaired) electrons. The van der Waals surface area contributed by atoms with E-state index in [1.807, 2.05) is 0 Å². The molecule has 1 N–H and O–H groups in total. The number of hydrogen-bond acceptors (Lipinski definition) is 2. The highest BCUT2D eigenvalue weighted by molar-refractivity contribution is 5.62. The molecule has 0 amide bonds. The number of aryl methyl sites for hydroxylation is 3. The summed E-state index contributed by atoms with van der Waals surface area (Å²) in [6, 6.07) is 4.55. The van der Waals surface area contributed by atoms with Gasteiger partial charge in [-0.1, -0.05) is 17.7 Å². The third kappa shape index (κ3) is 2.51.